The van der Waals surface area contributed by atoms with Crippen LogP contribution in [0.1, 0.15) is 45.6 Å². The van der Waals surface area contributed by atoms with Crippen molar-refractivity contribution in [2.45, 2.75) is 64.8 Å². The van der Waals surface area contributed by atoms with Crippen LogP contribution in [0, 0.1) is 5.92 Å². The lowest BCUT2D eigenvalue weighted by Gasteiger charge is -2.39. The van der Waals surface area contributed by atoms with E-state index in [0.29, 0.717) is 19.8 Å². The Labute approximate surface area is 196 Å². The summed E-state index contributed by atoms with van der Waals surface area (Å²) in [5, 5.41) is 3.48. The number of pyridine rings is 1. The number of nitrogens with one attached hydrogen (secondary N) is 1. The summed E-state index contributed by atoms with van der Waals surface area (Å²) in [6, 6.07) is 10.6. The first-order valence-electron chi connectivity index (χ1n) is 12.2. The van der Waals surface area contributed by atoms with Crippen LogP contribution in [0.15, 0.2) is 36.5 Å². The monoisotopic (exact) mass is 450 g/mol. The number of rotatable bonds is 4. The molecule has 0 radical (unpaired) electrons. The standard InChI is InChI=1S/C26H34N4O3/c1-4-32-22-9-7-19(12-22)26(31)30-15-20-6-5-11-27-25(20)28-23-10-8-21(13-24(23)30)29-14-18(3)33-16-17(29)2/h5-6,8,10-11,13,17-19,22H,4,7,9,12,14-16H2,1-3H3,(H,27,28)/t17-,18-,19+,22-/m1/s1. The smallest absolute Gasteiger partial charge is 0.230 e. The number of aromatic nitrogens is 1. The first-order valence-corrected chi connectivity index (χ1v) is 12.2. The molecule has 5 rings (SSSR count). The van der Waals surface area contributed by atoms with Crippen molar-refractivity contribution in [2.24, 2.45) is 5.92 Å². The number of nitrogens with zero attached hydrogens (tertiary/aromatic N) is 3. The topological polar surface area (TPSA) is 66.9 Å². The Morgan fingerprint density at radius 1 is 1.27 bits per heavy atom. The van der Waals surface area contributed by atoms with Crippen molar-refractivity contribution in [3.05, 3.63) is 42.1 Å². The molecule has 1 saturated heterocycles. The van der Waals surface area contributed by atoms with Crippen molar-refractivity contribution in [1.29, 1.82) is 0 Å². The number of fused-ring (bicyclic) bond motifs is 2. The summed E-state index contributed by atoms with van der Waals surface area (Å²) in [6.07, 6.45) is 4.77. The lowest BCUT2D eigenvalue weighted by molar-refractivity contribution is -0.122. The Balaban J connectivity index is 1.50. The molecule has 1 aromatic carbocycles. The molecule has 0 bridgehead atoms. The van der Waals surface area contributed by atoms with E-state index in [-0.39, 0.29) is 30.1 Å². The van der Waals surface area contributed by atoms with Crippen molar-refractivity contribution in [1.82, 2.24) is 4.98 Å². The molecule has 33 heavy (non-hydrogen) atoms. The summed E-state index contributed by atoms with van der Waals surface area (Å²) in [5.41, 5.74) is 3.98. The maximum absolute atomic E-state index is 13.9. The summed E-state index contributed by atoms with van der Waals surface area (Å²) < 4.78 is 11.7. The molecule has 4 atom stereocenters. The van der Waals surface area contributed by atoms with Crippen molar-refractivity contribution in [3.8, 4) is 0 Å². The van der Waals surface area contributed by atoms with Crippen LogP contribution in [0.2, 0.25) is 0 Å². The maximum Gasteiger partial charge on any atom is 0.230 e. The van der Waals surface area contributed by atoms with E-state index in [0.717, 1.165) is 54.3 Å². The molecule has 3 aliphatic rings. The zero-order valence-corrected chi connectivity index (χ0v) is 19.8. The molecule has 7 nitrogen and oxygen atoms in total. The van der Waals surface area contributed by atoms with Gasteiger partial charge in [0.15, 0.2) is 0 Å². The summed E-state index contributed by atoms with van der Waals surface area (Å²) >= 11 is 0. The second kappa shape index (κ2) is 9.31. The third-order valence-corrected chi connectivity index (χ3v) is 7.09. The van der Waals surface area contributed by atoms with Gasteiger partial charge in [0, 0.05) is 42.6 Å². The Morgan fingerprint density at radius 2 is 2.15 bits per heavy atom. The second-order valence-electron chi connectivity index (χ2n) is 9.49. The first kappa shape index (κ1) is 22.2. The normalized spacial score (nSPS) is 26.9. The van der Waals surface area contributed by atoms with Gasteiger partial charge in [-0.3, -0.25) is 4.79 Å². The van der Waals surface area contributed by atoms with Crippen LogP contribution in [0.25, 0.3) is 0 Å². The number of ether oxygens (including phenoxy) is 2. The summed E-state index contributed by atoms with van der Waals surface area (Å²) in [4.78, 5) is 22.8. The Kier molecular flexibility index (Phi) is 6.25. The van der Waals surface area contributed by atoms with E-state index in [1.54, 1.807) is 6.20 Å². The van der Waals surface area contributed by atoms with Gasteiger partial charge in [-0.15, -0.1) is 0 Å². The maximum atomic E-state index is 13.9. The van der Waals surface area contributed by atoms with Gasteiger partial charge in [-0.1, -0.05) is 6.07 Å². The third kappa shape index (κ3) is 4.44. The molecule has 0 unspecified atom stereocenters. The molecule has 2 aromatic rings. The molecule has 2 aliphatic heterocycles. The quantitative estimate of drug-likeness (QED) is 0.740. The largest absolute Gasteiger partial charge is 0.378 e. The van der Waals surface area contributed by atoms with Crippen molar-refractivity contribution < 1.29 is 14.3 Å². The minimum absolute atomic E-state index is 0.0152. The van der Waals surface area contributed by atoms with E-state index in [9.17, 15) is 4.79 Å². The van der Waals surface area contributed by atoms with Crippen LogP contribution in [-0.2, 0) is 20.8 Å². The van der Waals surface area contributed by atoms with E-state index in [1.807, 2.05) is 24.0 Å². The Hall–Kier alpha value is -2.64. The molecule has 1 aromatic heterocycles. The zero-order valence-electron chi connectivity index (χ0n) is 19.8. The number of hydrogen-bond acceptors (Lipinski definition) is 6. The fraction of sp³-hybridized carbons (Fsp3) is 0.538. The number of hydrogen-bond donors (Lipinski definition) is 1. The average molecular weight is 451 g/mol. The summed E-state index contributed by atoms with van der Waals surface area (Å²) in [6.45, 7) is 9.06. The molecular formula is C26H34N4O3. The number of anilines is 4. The van der Waals surface area contributed by atoms with E-state index in [2.05, 4.69) is 47.2 Å². The van der Waals surface area contributed by atoms with Gasteiger partial charge >= 0.3 is 0 Å². The summed E-state index contributed by atoms with van der Waals surface area (Å²) in [5.74, 6) is 0.977. The number of amides is 1. The highest BCUT2D eigenvalue weighted by Crippen LogP contribution is 2.40. The Bertz CT molecular complexity index is 1010. The van der Waals surface area contributed by atoms with Gasteiger partial charge in [-0.2, -0.15) is 0 Å². The molecular weight excluding hydrogens is 416 g/mol. The summed E-state index contributed by atoms with van der Waals surface area (Å²) in [7, 11) is 0. The van der Waals surface area contributed by atoms with Gasteiger partial charge in [0.05, 0.1) is 36.7 Å². The van der Waals surface area contributed by atoms with Crippen LogP contribution >= 0.6 is 0 Å². The molecule has 1 amide bonds. The lowest BCUT2D eigenvalue weighted by Crippen LogP contribution is -2.47. The van der Waals surface area contributed by atoms with E-state index in [1.165, 1.54) is 0 Å². The van der Waals surface area contributed by atoms with Gasteiger partial charge in [-0.05, 0) is 64.3 Å². The molecule has 3 heterocycles. The fourth-order valence-corrected chi connectivity index (χ4v) is 5.32. The van der Waals surface area contributed by atoms with Gasteiger partial charge in [0.1, 0.15) is 5.82 Å². The molecule has 1 aliphatic carbocycles. The van der Waals surface area contributed by atoms with Crippen LogP contribution < -0.4 is 15.1 Å². The molecule has 7 heteroatoms. The molecule has 0 spiro atoms. The Morgan fingerprint density at radius 3 is 3.00 bits per heavy atom. The van der Waals surface area contributed by atoms with Crippen LogP contribution in [0.5, 0.6) is 0 Å². The highest BCUT2D eigenvalue weighted by molar-refractivity contribution is 6.00. The van der Waals surface area contributed by atoms with Gasteiger partial charge < -0.3 is 24.6 Å². The molecule has 176 valence electrons. The van der Waals surface area contributed by atoms with Crippen LogP contribution in [-0.4, -0.2) is 48.9 Å². The number of carbonyl (C=O) groups excluding carboxylic acids is 1. The highest BCUT2D eigenvalue weighted by Gasteiger charge is 2.36. The number of morpholine rings is 1. The minimum atomic E-state index is -0.0152. The minimum Gasteiger partial charge on any atom is -0.378 e. The molecule has 1 saturated carbocycles. The second-order valence-corrected chi connectivity index (χ2v) is 9.49. The van der Waals surface area contributed by atoms with E-state index < -0.39 is 0 Å². The van der Waals surface area contributed by atoms with Crippen molar-refractivity contribution in [2.75, 3.05) is 34.9 Å². The average Bonchev–Trinajstić information content (AvgIpc) is 3.22. The number of benzene rings is 1. The van der Waals surface area contributed by atoms with E-state index in [4.69, 9.17) is 9.47 Å². The number of carbonyl (C=O) groups is 1. The molecule has 1 N–H and O–H groups in total. The van der Waals surface area contributed by atoms with E-state index >= 15 is 0 Å². The highest BCUT2D eigenvalue weighted by atomic mass is 16.5. The van der Waals surface area contributed by atoms with Crippen LogP contribution in [0.3, 0.4) is 0 Å². The lowest BCUT2D eigenvalue weighted by atomic mass is 10.0. The van der Waals surface area contributed by atoms with Gasteiger partial charge in [0.25, 0.3) is 0 Å². The molecule has 2 fully saturated rings. The van der Waals surface area contributed by atoms with Gasteiger partial charge in [0.2, 0.25) is 5.91 Å². The predicted molar refractivity (Wildman–Crippen MR) is 130 cm³/mol. The van der Waals surface area contributed by atoms with Crippen LogP contribution in [0.4, 0.5) is 22.9 Å². The van der Waals surface area contributed by atoms with Crippen molar-refractivity contribution >= 4 is 28.8 Å². The zero-order chi connectivity index (χ0) is 22.9. The predicted octanol–water partition coefficient (Wildman–Crippen LogP) is 4.49. The third-order valence-electron chi connectivity index (χ3n) is 7.09. The van der Waals surface area contributed by atoms with Gasteiger partial charge in [-0.25, -0.2) is 4.98 Å². The van der Waals surface area contributed by atoms with Crippen molar-refractivity contribution in [3.63, 3.8) is 0 Å². The SMILES string of the molecule is CCO[C@@H]1CC[C@H](C(=O)N2Cc3cccnc3Nc3ccc(N4C[C@@H](C)OC[C@H]4C)cc32)C1. The fourth-order valence-electron chi connectivity index (χ4n) is 5.32. The first-order chi connectivity index (χ1) is 16.0.